The molecule has 0 fully saturated rings. The molecule has 9 aromatic carbocycles. The van der Waals surface area contributed by atoms with Crippen LogP contribution in [0.3, 0.4) is 0 Å². The van der Waals surface area contributed by atoms with E-state index in [1.54, 1.807) is 0 Å². The Hall–Kier alpha value is -9.47. The minimum Gasteiger partial charge on any atom is -0.456 e. The fourth-order valence-electron chi connectivity index (χ4n) is 9.58. The summed E-state index contributed by atoms with van der Waals surface area (Å²) in [4.78, 5) is 24.8. The lowest BCUT2D eigenvalue weighted by Crippen LogP contribution is -2.16. The topological polar surface area (TPSA) is 111 Å². The molecule has 12 aromatic rings. The fourth-order valence-corrected chi connectivity index (χ4v) is 9.58. The quantitative estimate of drug-likeness (QED) is 0.115. The first-order valence-corrected chi connectivity index (χ1v) is 23.2. The van der Waals surface area contributed by atoms with Gasteiger partial charge in [0.25, 0.3) is 0 Å². The smallest absolute Gasteiger partial charge is 0.161 e. The van der Waals surface area contributed by atoms with E-state index in [1.165, 1.54) is 0 Å². The molecule has 0 bridgehead atoms. The van der Waals surface area contributed by atoms with Crippen molar-refractivity contribution in [1.29, 1.82) is 0 Å². The average Bonchev–Trinajstić information content (AvgIpc) is 4.08. The van der Waals surface area contributed by atoms with Crippen LogP contribution in [0.2, 0.25) is 0 Å². The first-order chi connectivity index (χ1) is 34.6. The number of aromatic nitrogens is 2. The Morgan fingerprint density at radius 1 is 0.457 bits per heavy atom. The second kappa shape index (κ2) is 18.0. The van der Waals surface area contributed by atoms with Crippen molar-refractivity contribution in [1.82, 2.24) is 9.13 Å². The Balaban J connectivity index is 0.980. The maximum Gasteiger partial charge on any atom is 0.161 e. The van der Waals surface area contributed by atoms with Gasteiger partial charge in [-0.05, 0) is 72.9 Å². The molecule has 0 aliphatic carbocycles. The number of rotatable bonds is 9. The van der Waals surface area contributed by atoms with Crippen LogP contribution in [0.15, 0.2) is 248 Å². The van der Waals surface area contributed by atoms with E-state index in [0.717, 1.165) is 99.1 Å². The summed E-state index contributed by atoms with van der Waals surface area (Å²) in [6.07, 6.45) is 0. The predicted octanol–water partition coefficient (Wildman–Crippen LogP) is 13.7. The number of hydrogen-bond donors (Lipinski definition) is 1. The maximum atomic E-state index is 6.64. The fraction of sp³-hybridized carbons (Fsp3) is 0.0328. The number of para-hydroxylation sites is 3. The third-order valence-corrected chi connectivity index (χ3v) is 12.9. The number of aliphatic imine (C=N–C) groups is 5. The van der Waals surface area contributed by atoms with Crippen molar-refractivity contribution >= 4 is 95.6 Å². The molecule has 334 valence electrons. The molecular formula is C61H44N8O. The van der Waals surface area contributed by atoms with Crippen molar-refractivity contribution in [3.63, 3.8) is 0 Å². The van der Waals surface area contributed by atoms with Crippen molar-refractivity contribution < 1.29 is 4.42 Å². The molecule has 0 saturated carbocycles. The van der Waals surface area contributed by atoms with Crippen LogP contribution in [0.25, 0.3) is 71.2 Å². The van der Waals surface area contributed by atoms with Crippen molar-refractivity contribution in [2.45, 2.75) is 13.2 Å². The van der Waals surface area contributed by atoms with Gasteiger partial charge in [0.2, 0.25) is 0 Å². The summed E-state index contributed by atoms with van der Waals surface area (Å²) < 4.78 is 10.9. The van der Waals surface area contributed by atoms with Gasteiger partial charge < -0.3 is 19.3 Å². The van der Waals surface area contributed by atoms with E-state index >= 15 is 0 Å². The molecule has 0 radical (unpaired) electrons. The second-order valence-corrected chi connectivity index (χ2v) is 17.1. The second-order valence-electron chi connectivity index (χ2n) is 17.1. The van der Waals surface area contributed by atoms with Crippen molar-refractivity contribution in [2.24, 2.45) is 30.7 Å². The zero-order valence-electron chi connectivity index (χ0n) is 38.0. The van der Waals surface area contributed by atoms with Crippen LogP contribution in [0, 0.1) is 0 Å². The Morgan fingerprint density at radius 2 is 1.04 bits per heavy atom. The van der Waals surface area contributed by atoms with Crippen LogP contribution in [0.1, 0.15) is 27.8 Å². The first-order valence-electron chi connectivity index (χ1n) is 23.2. The number of nitrogens with two attached hydrogens (primary N) is 1. The number of hydrogen-bond acceptors (Lipinski definition) is 3. The zero-order valence-corrected chi connectivity index (χ0v) is 38.0. The summed E-state index contributed by atoms with van der Waals surface area (Å²) in [5.74, 6) is 1.96. The molecule has 3 aromatic heterocycles. The summed E-state index contributed by atoms with van der Waals surface area (Å²) in [7, 11) is 0. The van der Waals surface area contributed by atoms with Crippen LogP contribution in [0.5, 0.6) is 0 Å². The summed E-state index contributed by atoms with van der Waals surface area (Å²) in [6.45, 7) is 4.69. The Labute approximate surface area is 403 Å². The van der Waals surface area contributed by atoms with Crippen LogP contribution in [-0.4, -0.2) is 39.2 Å². The molecule has 0 atom stereocenters. The molecule has 3 heterocycles. The molecule has 9 heteroatoms. The molecule has 0 spiro atoms. The van der Waals surface area contributed by atoms with E-state index in [9.17, 15) is 0 Å². The van der Waals surface area contributed by atoms with Crippen molar-refractivity contribution in [2.75, 3.05) is 0 Å². The first kappa shape index (κ1) is 41.9. The minimum absolute atomic E-state index is 0.312. The van der Waals surface area contributed by atoms with Gasteiger partial charge >= 0.3 is 0 Å². The standard InChI is InChI=1S/C61H44N8O/c1-63-59(44-31-34-48-47-24-13-16-28-54(47)70-55(48)37-44)67-60(64-38-40-17-5-2-6-18-40)43-29-32-45(33-30-43)69-52-27-15-12-25-50(52)56-53(69)36-35-49-46-23-11-14-26-51(46)68(57(49)56)39-65-61(42-21-9-4-10-22-42)66-58(62)41-19-7-3-8-20-41/h2-37H,1,38-39H2,(H2,62,65,66)/b64-60-,67-59-. The van der Waals surface area contributed by atoms with Gasteiger partial charge in [-0.15, -0.1) is 0 Å². The van der Waals surface area contributed by atoms with Gasteiger partial charge in [0.1, 0.15) is 23.7 Å². The SMILES string of the molecule is C=N/C(=N\C(=N/Cc1ccccc1)c1ccc(-n2c3ccccc3c3c4c(ccc32)c2ccccc2n4C/N=C(\N=C(/N)c2ccccc2)c2ccccc2)cc1)c1ccc2c(c1)oc1ccccc12. The molecule has 70 heavy (non-hydrogen) atoms. The summed E-state index contributed by atoms with van der Waals surface area (Å²) in [6, 6.07) is 74.2. The highest BCUT2D eigenvalue weighted by atomic mass is 16.3. The molecule has 0 unspecified atom stereocenters. The van der Waals surface area contributed by atoms with E-state index in [-0.39, 0.29) is 0 Å². The Kier molecular flexibility index (Phi) is 10.8. The summed E-state index contributed by atoms with van der Waals surface area (Å²) in [5, 5.41) is 6.66. The Morgan fingerprint density at radius 3 is 1.80 bits per heavy atom. The van der Waals surface area contributed by atoms with E-state index in [1.807, 2.05) is 109 Å². The normalized spacial score (nSPS) is 12.9. The molecule has 9 nitrogen and oxygen atoms in total. The van der Waals surface area contributed by atoms with Gasteiger partial charge in [-0.25, -0.2) is 20.0 Å². The van der Waals surface area contributed by atoms with Crippen molar-refractivity contribution in [3.8, 4) is 5.69 Å². The Bertz CT molecular complexity index is 4070. The molecule has 0 saturated heterocycles. The predicted molar refractivity (Wildman–Crippen MR) is 290 cm³/mol. The lowest BCUT2D eigenvalue weighted by atomic mass is 10.1. The number of amidine groups is 4. The van der Waals surface area contributed by atoms with E-state index in [0.29, 0.717) is 36.6 Å². The average molecular weight is 905 g/mol. The third-order valence-electron chi connectivity index (χ3n) is 12.9. The molecule has 12 rings (SSSR count). The number of benzene rings is 9. The van der Waals surface area contributed by atoms with Crippen LogP contribution >= 0.6 is 0 Å². The van der Waals surface area contributed by atoms with E-state index in [4.69, 9.17) is 30.1 Å². The largest absolute Gasteiger partial charge is 0.456 e. The number of furan rings is 1. The minimum atomic E-state index is 0.312. The zero-order chi connectivity index (χ0) is 47.0. The number of nitrogens with zero attached hydrogens (tertiary/aromatic N) is 7. The van der Waals surface area contributed by atoms with Gasteiger partial charge in [0, 0.05) is 60.3 Å². The van der Waals surface area contributed by atoms with Gasteiger partial charge in [-0.2, -0.15) is 0 Å². The van der Waals surface area contributed by atoms with Crippen LogP contribution in [-0.2, 0) is 13.2 Å². The van der Waals surface area contributed by atoms with E-state index in [2.05, 4.69) is 130 Å². The summed E-state index contributed by atoms with van der Waals surface area (Å²) in [5.41, 5.74) is 18.0. The maximum absolute atomic E-state index is 6.64. The molecule has 0 aliphatic heterocycles. The molecular weight excluding hydrogens is 861 g/mol. The van der Waals surface area contributed by atoms with Gasteiger partial charge in [-0.3, -0.25) is 4.99 Å². The van der Waals surface area contributed by atoms with Gasteiger partial charge in [-0.1, -0.05) is 158 Å². The van der Waals surface area contributed by atoms with E-state index < -0.39 is 0 Å². The van der Waals surface area contributed by atoms with Crippen molar-refractivity contribution in [3.05, 3.63) is 246 Å². The van der Waals surface area contributed by atoms with Crippen LogP contribution < -0.4 is 5.73 Å². The molecule has 0 amide bonds. The highest BCUT2D eigenvalue weighted by Crippen LogP contribution is 2.41. The monoisotopic (exact) mass is 904 g/mol. The lowest BCUT2D eigenvalue weighted by molar-refractivity contribution is 0.669. The highest BCUT2D eigenvalue weighted by Gasteiger charge is 2.21. The molecule has 0 aliphatic rings. The third kappa shape index (κ3) is 7.61. The highest BCUT2D eigenvalue weighted by molar-refractivity contribution is 6.26. The lowest BCUT2D eigenvalue weighted by Gasteiger charge is -2.11. The van der Waals surface area contributed by atoms with Gasteiger partial charge in [0.05, 0.1) is 28.6 Å². The van der Waals surface area contributed by atoms with Gasteiger partial charge in [0.15, 0.2) is 17.5 Å². The summed E-state index contributed by atoms with van der Waals surface area (Å²) >= 11 is 0. The van der Waals surface area contributed by atoms with Crippen LogP contribution in [0.4, 0.5) is 0 Å². The number of fused-ring (bicyclic) bond motifs is 10. The molecule has 2 N–H and O–H groups in total.